The third-order valence-electron chi connectivity index (χ3n) is 1.92. The summed E-state index contributed by atoms with van der Waals surface area (Å²) in [6.45, 7) is 2.32. The quantitative estimate of drug-likeness (QED) is 0.693. The first-order valence-electron chi connectivity index (χ1n) is 3.95. The van der Waals surface area contributed by atoms with Crippen LogP contribution in [0.25, 0.3) is 0 Å². The Kier molecular flexibility index (Phi) is 2.71. The highest BCUT2D eigenvalue weighted by Gasteiger charge is 2.03. The van der Waals surface area contributed by atoms with E-state index in [2.05, 4.69) is 10.6 Å². The summed E-state index contributed by atoms with van der Waals surface area (Å²) in [5, 5.41) is 8.82. The van der Waals surface area contributed by atoms with Gasteiger partial charge >= 0.3 is 0 Å². The minimum Gasteiger partial charge on any atom is -0.396 e. The van der Waals surface area contributed by atoms with Crippen molar-refractivity contribution in [1.82, 2.24) is 4.57 Å². The van der Waals surface area contributed by atoms with Crippen LogP contribution in [0.2, 0.25) is 0 Å². The minimum atomic E-state index is 0.269. The number of aliphatic hydroxyl groups excluding tert-OH is 1. The van der Waals surface area contributed by atoms with E-state index in [0.717, 1.165) is 6.42 Å². The molecular weight excluding hydrogens is 138 g/mol. The SMILES string of the molecule is C[C@@H](CO)Cc1cccn1C. The molecular formula is C9H15NO. The van der Waals surface area contributed by atoms with E-state index in [1.165, 1.54) is 5.69 Å². The number of rotatable bonds is 3. The zero-order valence-corrected chi connectivity index (χ0v) is 7.12. The summed E-state index contributed by atoms with van der Waals surface area (Å²) in [5.74, 6) is 0.364. The lowest BCUT2D eigenvalue weighted by Gasteiger charge is -2.07. The molecule has 0 aliphatic rings. The van der Waals surface area contributed by atoms with Crippen LogP contribution in [0.4, 0.5) is 0 Å². The molecule has 0 fully saturated rings. The fourth-order valence-electron chi connectivity index (χ4n) is 1.13. The molecule has 1 atom stereocenters. The van der Waals surface area contributed by atoms with Crippen molar-refractivity contribution in [3.8, 4) is 0 Å². The summed E-state index contributed by atoms with van der Waals surface area (Å²) in [4.78, 5) is 0. The van der Waals surface area contributed by atoms with Gasteiger partial charge in [-0.25, -0.2) is 0 Å². The molecule has 1 N–H and O–H groups in total. The van der Waals surface area contributed by atoms with E-state index in [4.69, 9.17) is 5.11 Å². The Morgan fingerprint density at radius 1 is 1.64 bits per heavy atom. The molecule has 0 bridgehead atoms. The molecule has 0 saturated heterocycles. The number of hydrogen-bond donors (Lipinski definition) is 1. The Morgan fingerprint density at radius 2 is 2.36 bits per heavy atom. The summed E-state index contributed by atoms with van der Waals surface area (Å²) in [5.41, 5.74) is 1.28. The lowest BCUT2D eigenvalue weighted by atomic mass is 10.1. The minimum absolute atomic E-state index is 0.269. The molecule has 0 aliphatic heterocycles. The van der Waals surface area contributed by atoms with Crippen molar-refractivity contribution in [2.45, 2.75) is 13.3 Å². The van der Waals surface area contributed by atoms with Crippen molar-refractivity contribution >= 4 is 0 Å². The van der Waals surface area contributed by atoms with Crippen LogP contribution in [0.1, 0.15) is 12.6 Å². The zero-order chi connectivity index (χ0) is 8.27. The van der Waals surface area contributed by atoms with E-state index < -0.39 is 0 Å². The largest absolute Gasteiger partial charge is 0.396 e. The monoisotopic (exact) mass is 153 g/mol. The van der Waals surface area contributed by atoms with Gasteiger partial charge in [0.05, 0.1) is 0 Å². The molecule has 2 heteroatoms. The normalized spacial score (nSPS) is 13.4. The first-order valence-corrected chi connectivity index (χ1v) is 3.95. The van der Waals surface area contributed by atoms with Crippen LogP contribution in [-0.4, -0.2) is 16.3 Å². The van der Waals surface area contributed by atoms with Gasteiger partial charge in [-0.1, -0.05) is 6.92 Å². The molecule has 2 nitrogen and oxygen atoms in total. The Labute approximate surface area is 67.5 Å². The molecule has 0 radical (unpaired) electrons. The van der Waals surface area contributed by atoms with Crippen LogP contribution in [0.3, 0.4) is 0 Å². The van der Waals surface area contributed by atoms with Crippen LogP contribution in [0, 0.1) is 5.92 Å². The van der Waals surface area contributed by atoms with Crippen molar-refractivity contribution in [3.63, 3.8) is 0 Å². The summed E-state index contributed by atoms with van der Waals surface area (Å²) in [7, 11) is 2.03. The highest BCUT2D eigenvalue weighted by atomic mass is 16.3. The van der Waals surface area contributed by atoms with Crippen molar-refractivity contribution < 1.29 is 5.11 Å². The molecule has 1 heterocycles. The van der Waals surface area contributed by atoms with Gasteiger partial charge in [0.1, 0.15) is 0 Å². The Hall–Kier alpha value is -0.760. The predicted molar refractivity (Wildman–Crippen MR) is 45.4 cm³/mol. The van der Waals surface area contributed by atoms with Crippen LogP contribution >= 0.6 is 0 Å². The van der Waals surface area contributed by atoms with Gasteiger partial charge in [0.25, 0.3) is 0 Å². The van der Waals surface area contributed by atoms with Gasteiger partial charge in [-0.3, -0.25) is 0 Å². The van der Waals surface area contributed by atoms with Crippen molar-refractivity contribution in [3.05, 3.63) is 24.0 Å². The Bertz CT molecular complexity index is 217. The molecule has 11 heavy (non-hydrogen) atoms. The summed E-state index contributed by atoms with van der Waals surface area (Å²) in [6.07, 6.45) is 2.99. The third-order valence-corrected chi connectivity index (χ3v) is 1.92. The lowest BCUT2D eigenvalue weighted by Crippen LogP contribution is -2.07. The predicted octanol–water partition coefficient (Wildman–Crippen LogP) is 1.20. The average molecular weight is 153 g/mol. The number of aromatic nitrogens is 1. The zero-order valence-electron chi connectivity index (χ0n) is 7.12. The molecule has 1 aromatic rings. The topological polar surface area (TPSA) is 25.2 Å². The van der Waals surface area contributed by atoms with E-state index in [-0.39, 0.29) is 6.61 Å². The number of aliphatic hydroxyl groups is 1. The summed E-state index contributed by atoms with van der Waals surface area (Å²) < 4.78 is 2.09. The lowest BCUT2D eigenvalue weighted by molar-refractivity contribution is 0.235. The first-order chi connectivity index (χ1) is 5.24. The van der Waals surface area contributed by atoms with Gasteiger partial charge < -0.3 is 9.67 Å². The van der Waals surface area contributed by atoms with Crippen molar-refractivity contribution in [1.29, 1.82) is 0 Å². The van der Waals surface area contributed by atoms with E-state index >= 15 is 0 Å². The summed E-state index contributed by atoms with van der Waals surface area (Å²) >= 11 is 0. The molecule has 0 saturated carbocycles. The number of nitrogens with zero attached hydrogens (tertiary/aromatic N) is 1. The second-order valence-corrected chi connectivity index (χ2v) is 3.10. The molecule has 1 rings (SSSR count). The van der Waals surface area contributed by atoms with E-state index in [9.17, 15) is 0 Å². The molecule has 0 aromatic carbocycles. The molecule has 0 unspecified atom stereocenters. The Morgan fingerprint density at radius 3 is 2.82 bits per heavy atom. The van der Waals surface area contributed by atoms with Gasteiger partial charge in [-0.05, 0) is 24.5 Å². The second-order valence-electron chi connectivity index (χ2n) is 3.10. The van der Waals surface area contributed by atoms with Crippen molar-refractivity contribution in [2.75, 3.05) is 6.61 Å². The maximum absolute atomic E-state index is 8.82. The molecule has 0 amide bonds. The number of aryl methyl sites for hydroxylation is 1. The van der Waals surface area contributed by atoms with Gasteiger partial charge in [0.2, 0.25) is 0 Å². The molecule has 1 aromatic heterocycles. The van der Waals surface area contributed by atoms with Gasteiger partial charge in [-0.2, -0.15) is 0 Å². The Balaban J connectivity index is 2.56. The van der Waals surface area contributed by atoms with Crippen LogP contribution in [0.5, 0.6) is 0 Å². The molecule has 62 valence electrons. The number of hydrogen-bond acceptors (Lipinski definition) is 1. The first kappa shape index (κ1) is 8.34. The van der Waals surface area contributed by atoms with Crippen LogP contribution in [0.15, 0.2) is 18.3 Å². The van der Waals surface area contributed by atoms with Gasteiger partial charge in [0.15, 0.2) is 0 Å². The average Bonchev–Trinajstić information content (AvgIpc) is 2.37. The smallest absolute Gasteiger partial charge is 0.0460 e. The maximum atomic E-state index is 8.82. The third kappa shape index (κ3) is 2.09. The highest BCUT2D eigenvalue weighted by molar-refractivity contribution is 5.06. The van der Waals surface area contributed by atoms with Gasteiger partial charge in [0, 0.05) is 25.5 Å². The molecule has 0 spiro atoms. The highest BCUT2D eigenvalue weighted by Crippen LogP contribution is 2.07. The second kappa shape index (κ2) is 3.58. The summed E-state index contributed by atoms with van der Waals surface area (Å²) in [6, 6.07) is 4.12. The van der Waals surface area contributed by atoms with Crippen LogP contribution < -0.4 is 0 Å². The fourth-order valence-corrected chi connectivity index (χ4v) is 1.13. The van der Waals surface area contributed by atoms with Gasteiger partial charge in [-0.15, -0.1) is 0 Å². The van der Waals surface area contributed by atoms with Crippen LogP contribution in [-0.2, 0) is 13.5 Å². The van der Waals surface area contributed by atoms with Crippen molar-refractivity contribution in [2.24, 2.45) is 13.0 Å². The maximum Gasteiger partial charge on any atom is 0.0460 e. The van der Waals surface area contributed by atoms with E-state index in [1.807, 2.05) is 26.2 Å². The molecule has 0 aliphatic carbocycles. The standard InChI is InChI=1S/C9H15NO/c1-8(7-11)6-9-4-3-5-10(9)2/h3-5,8,11H,6-7H2,1-2H3/t8-/m1/s1. The fraction of sp³-hybridized carbons (Fsp3) is 0.556. The van der Waals surface area contributed by atoms with E-state index in [1.54, 1.807) is 0 Å². The van der Waals surface area contributed by atoms with E-state index in [0.29, 0.717) is 5.92 Å².